The molecule has 0 spiro atoms. The summed E-state index contributed by atoms with van der Waals surface area (Å²) in [6.07, 6.45) is 9.93. The molecule has 0 radical (unpaired) electrons. The molecule has 0 heterocycles. The topological polar surface area (TPSA) is 37.3 Å². The predicted octanol–water partition coefficient (Wildman–Crippen LogP) is 4.21. The predicted molar refractivity (Wildman–Crippen MR) is 86.9 cm³/mol. The highest BCUT2D eigenvalue weighted by Crippen LogP contribution is 2.54. The summed E-state index contributed by atoms with van der Waals surface area (Å²) in [5, 5.41) is 10.7. The van der Waals surface area contributed by atoms with Crippen molar-refractivity contribution in [3.8, 4) is 0 Å². The fourth-order valence-corrected chi connectivity index (χ4v) is 4.03. The Morgan fingerprint density at radius 1 is 1.57 bits per heavy atom. The van der Waals surface area contributed by atoms with Crippen molar-refractivity contribution in [2.45, 2.75) is 59.0 Å². The van der Waals surface area contributed by atoms with Gasteiger partial charge < -0.3 is 5.11 Å². The summed E-state index contributed by atoms with van der Waals surface area (Å²) in [5.41, 5.74) is 1.71. The number of rotatable bonds is 4. The zero-order valence-electron chi connectivity index (χ0n) is 13.6. The lowest BCUT2D eigenvalue weighted by molar-refractivity contribution is -0.114. The van der Waals surface area contributed by atoms with Crippen molar-refractivity contribution < 1.29 is 9.90 Å². The number of aliphatic hydroxyl groups is 1. The van der Waals surface area contributed by atoms with E-state index in [1.165, 1.54) is 0 Å². The van der Waals surface area contributed by atoms with E-state index in [0.717, 1.165) is 43.3 Å². The van der Waals surface area contributed by atoms with E-state index in [4.69, 9.17) is 0 Å². The van der Waals surface area contributed by atoms with Crippen LogP contribution < -0.4 is 0 Å². The van der Waals surface area contributed by atoms with Crippen LogP contribution in [0.5, 0.6) is 0 Å². The van der Waals surface area contributed by atoms with Crippen LogP contribution in [-0.2, 0) is 4.79 Å². The lowest BCUT2D eigenvalue weighted by atomic mass is 9.55. The number of aliphatic hydroxyl groups excluding tert-OH is 1. The molecule has 2 aliphatic rings. The van der Waals surface area contributed by atoms with Crippen molar-refractivity contribution >= 4 is 5.78 Å². The maximum atomic E-state index is 12.5. The molecule has 0 aromatic rings. The van der Waals surface area contributed by atoms with Crippen LogP contribution in [0.25, 0.3) is 0 Å². The van der Waals surface area contributed by atoms with Gasteiger partial charge in [-0.25, -0.2) is 0 Å². The second-order valence-corrected chi connectivity index (χ2v) is 6.70. The Bertz CT molecular complexity index is 486. The van der Waals surface area contributed by atoms with Crippen LogP contribution in [0.1, 0.15) is 52.9 Å². The molecule has 116 valence electrons. The van der Waals surface area contributed by atoms with Gasteiger partial charge in [-0.3, -0.25) is 4.79 Å². The first kappa shape index (κ1) is 16.2. The van der Waals surface area contributed by atoms with Gasteiger partial charge in [-0.2, -0.15) is 0 Å². The third-order valence-electron chi connectivity index (χ3n) is 5.54. The van der Waals surface area contributed by atoms with Gasteiger partial charge >= 0.3 is 0 Å². The van der Waals surface area contributed by atoms with E-state index in [1.807, 2.05) is 6.08 Å². The van der Waals surface area contributed by atoms with Crippen LogP contribution in [0.15, 0.2) is 36.0 Å². The first-order valence-corrected chi connectivity index (χ1v) is 8.23. The van der Waals surface area contributed by atoms with Crippen LogP contribution in [0.4, 0.5) is 0 Å². The Hall–Kier alpha value is -1.15. The first-order chi connectivity index (χ1) is 9.97. The van der Waals surface area contributed by atoms with Crippen LogP contribution in [0, 0.1) is 17.3 Å². The first-order valence-electron chi connectivity index (χ1n) is 8.23. The SMILES string of the molecule is C=CC[C@@]12C(=CC(=O)C(=CC(C)CC)[C@H]1C)CCC[C@@H]2O. The zero-order chi connectivity index (χ0) is 15.6. The fraction of sp³-hybridized carbons (Fsp3) is 0.632. The molecular weight excluding hydrogens is 260 g/mol. The Balaban J connectivity index is 2.53. The summed E-state index contributed by atoms with van der Waals surface area (Å²) in [5.74, 6) is 0.599. The lowest BCUT2D eigenvalue weighted by Crippen LogP contribution is -2.48. The van der Waals surface area contributed by atoms with Crippen molar-refractivity contribution in [1.29, 1.82) is 0 Å². The van der Waals surface area contributed by atoms with Gasteiger partial charge in [0.1, 0.15) is 0 Å². The number of fused-ring (bicyclic) bond motifs is 1. The monoisotopic (exact) mass is 288 g/mol. The zero-order valence-corrected chi connectivity index (χ0v) is 13.6. The molecule has 1 saturated carbocycles. The molecule has 2 rings (SSSR count). The molecule has 21 heavy (non-hydrogen) atoms. The Morgan fingerprint density at radius 3 is 2.90 bits per heavy atom. The summed E-state index contributed by atoms with van der Waals surface area (Å²) in [7, 11) is 0. The molecule has 0 saturated heterocycles. The highest BCUT2D eigenvalue weighted by molar-refractivity contribution is 6.06. The van der Waals surface area contributed by atoms with Crippen LogP contribution in [0.3, 0.4) is 0 Å². The second kappa shape index (κ2) is 6.31. The molecule has 1 unspecified atom stereocenters. The van der Waals surface area contributed by atoms with Crippen LogP contribution >= 0.6 is 0 Å². The summed E-state index contributed by atoms with van der Waals surface area (Å²) < 4.78 is 0. The van der Waals surface area contributed by atoms with Crippen molar-refractivity contribution in [1.82, 2.24) is 0 Å². The van der Waals surface area contributed by atoms with Crippen molar-refractivity contribution in [2.75, 3.05) is 0 Å². The highest BCUT2D eigenvalue weighted by atomic mass is 16.3. The summed E-state index contributed by atoms with van der Waals surface area (Å²) in [6, 6.07) is 0. The molecule has 4 atom stereocenters. The third-order valence-corrected chi connectivity index (χ3v) is 5.54. The minimum absolute atomic E-state index is 0.0623. The molecular formula is C19H28O2. The van der Waals surface area contributed by atoms with Gasteiger partial charge in [0.15, 0.2) is 5.78 Å². The van der Waals surface area contributed by atoms with Gasteiger partial charge in [-0.05, 0) is 49.2 Å². The third kappa shape index (κ3) is 2.66. The summed E-state index contributed by atoms with van der Waals surface area (Å²) in [4.78, 5) is 12.5. The van der Waals surface area contributed by atoms with E-state index in [0.29, 0.717) is 5.92 Å². The number of hydrogen-bond acceptors (Lipinski definition) is 2. The lowest BCUT2D eigenvalue weighted by Gasteiger charge is -2.50. The quantitative estimate of drug-likeness (QED) is 0.621. The van der Waals surface area contributed by atoms with Gasteiger partial charge in [0.05, 0.1) is 6.10 Å². The minimum atomic E-state index is -0.376. The molecule has 0 aromatic carbocycles. The standard InChI is InChI=1S/C19H28O2/c1-5-10-19-14(4)16(11-13(3)6-2)17(20)12-15(19)8-7-9-18(19)21/h5,11-14,18,21H,1,6-10H2,2-4H3/t13?,14-,18+,19+/m1/s1. The number of ketones is 1. The molecule has 2 aliphatic carbocycles. The van der Waals surface area contributed by atoms with Gasteiger partial charge in [-0.1, -0.05) is 44.9 Å². The molecule has 2 heteroatoms. The van der Waals surface area contributed by atoms with Crippen LogP contribution in [0.2, 0.25) is 0 Å². The van der Waals surface area contributed by atoms with Crippen molar-refractivity contribution in [3.63, 3.8) is 0 Å². The van der Waals surface area contributed by atoms with E-state index in [-0.39, 0.29) is 23.2 Å². The summed E-state index contributed by atoms with van der Waals surface area (Å²) in [6.45, 7) is 10.3. The molecule has 0 aromatic heterocycles. The van der Waals surface area contributed by atoms with Crippen molar-refractivity contribution in [3.05, 3.63) is 36.0 Å². The fourth-order valence-electron chi connectivity index (χ4n) is 4.03. The Kier molecular flexibility index (Phi) is 4.88. The molecule has 1 fully saturated rings. The largest absolute Gasteiger partial charge is 0.392 e. The van der Waals surface area contributed by atoms with E-state index < -0.39 is 0 Å². The van der Waals surface area contributed by atoms with E-state index in [9.17, 15) is 9.90 Å². The molecule has 1 N–H and O–H groups in total. The van der Waals surface area contributed by atoms with Gasteiger partial charge in [0, 0.05) is 5.41 Å². The highest BCUT2D eigenvalue weighted by Gasteiger charge is 2.50. The van der Waals surface area contributed by atoms with E-state index in [2.05, 4.69) is 33.4 Å². The van der Waals surface area contributed by atoms with Gasteiger partial charge in [0.25, 0.3) is 0 Å². The Labute approximate surface area is 128 Å². The van der Waals surface area contributed by atoms with E-state index >= 15 is 0 Å². The maximum absolute atomic E-state index is 12.5. The molecule has 0 aliphatic heterocycles. The molecule has 0 amide bonds. The maximum Gasteiger partial charge on any atom is 0.181 e. The number of carbonyl (C=O) groups excluding carboxylic acids is 1. The van der Waals surface area contributed by atoms with Gasteiger partial charge in [0.2, 0.25) is 0 Å². The minimum Gasteiger partial charge on any atom is -0.392 e. The number of carbonyl (C=O) groups is 1. The Morgan fingerprint density at radius 2 is 2.29 bits per heavy atom. The normalized spacial score (nSPS) is 36.1. The van der Waals surface area contributed by atoms with E-state index in [1.54, 1.807) is 6.08 Å². The second-order valence-electron chi connectivity index (χ2n) is 6.70. The summed E-state index contributed by atoms with van der Waals surface area (Å²) >= 11 is 0. The number of hydrogen-bond donors (Lipinski definition) is 1. The molecule has 0 bridgehead atoms. The smallest absolute Gasteiger partial charge is 0.181 e. The van der Waals surface area contributed by atoms with Crippen LogP contribution in [-0.4, -0.2) is 17.0 Å². The average Bonchev–Trinajstić information content (AvgIpc) is 2.46. The van der Waals surface area contributed by atoms with Crippen molar-refractivity contribution in [2.24, 2.45) is 17.3 Å². The number of allylic oxidation sites excluding steroid dienone is 4. The van der Waals surface area contributed by atoms with Gasteiger partial charge in [-0.15, -0.1) is 6.58 Å². The molecule has 2 nitrogen and oxygen atoms in total. The average molecular weight is 288 g/mol.